The van der Waals surface area contributed by atoms with Crippen LogP contribution in [0.3, 0.4) is 0 Å². The number of urea groups is 1. The summed E-state index contributed by atoms with van der Waals surface area (Å²) in [6, 6.07) is 7.47. The summed E-state index contributed by atoms with van der Waals surface area (Å²) in [5.41, 5.74) is 0.909. The van der Waals surface area contributed by atoms with Gasteiger partial charge in [0.05, 0.1) is 7.11 Å². The van der Waals surface area contributed by atoms with Crippen LogP contribution in [-0.2, 0) is 0 Å². The third-order valence-corrected chi connectivity index (χ3v) is 5.25. The highest BCUT2D eigenvalue weighted by molar-refractivity contribution is 5.89. The number of nitrogens with one attached hydrogen (secondary N) is 1. The molecule has 2 amide bonds. The number of carbonyl (C=O) groups excluding carboxylic acids is 1. The number of amides is 2. The summed E-state index contributed by atoms with van der Waals surface area (Å²) in [6.45, 7) is 7.52. The highest BCUT2D eigenvalue weighted by Gasteiger charge is 2.44. The maximum atomic E-state index is 12.7. The molecular weight excluding hydrogens is 302 g/mol. The minimum atomic E-state index is -0.0206. The zero-order valence-electron chi connectivity index (χ0n) is 14.5. The SMILES string of the molecule is C=CCN1CCCC12CCCN(C(=O)Nc1cccc(OC)c1)C2. The average molecular weight is 329 g/mol. The van der Waals surface area contributed by atoms with Crippen molar-refractivity contribution in [3.05, 3.63) is 36.9 Å². The minimum Gasteiger partial charge on any atom is -0.497 e. The van der Waals surface area contributed by atoms with Crippen LogP contribution in [0.1, 0.15) is 25.7 Å². The Balaban J connectivity index is 1.67. The van der Waals surface area contributed by atoms with Crippen molar-refractivity contribution in [2.75, 3.05) is 38.6 Å². The lowest BCUT2D eigenvalue weighted by atomic mass is 9.86. The molecule has 0 aromatic heterocycles. The molecule has 1 spiro atoms. The first-order valence-electron chi connectivity index (χ1n) is 8.73. The minimum absolute atomic E-state index is 0.0206. The van der Waals surface area contributed by atoms with E-state index in [1.165, 1.54) is 19.3 Å². The van der Waals surface area contributed by atoms with Gasteiger partial charge in [-0.3, -0.25) is 4.90 Å². The number of nitrogens with zero attached hydrogens (tertiary/aromatic N) is 2. The third kappa shape index (κ3) is 3.41. The Kier molecular flexibility index (Phi) is 5.09. The van der Waals surface area contributed by atoms with Gasteiger partial charge in [0.25, 0.3) is 0 Å². The molecular formula is C19H27N3O2. The smallest absolute Gasteiger partial charge is 0.321 e. The van der Waals surface area contributed by atoms with Crippen LogP contribution in [-0.4, -0.2) is 54.7 Å². The summed E-state index contributed by atoms with van der Waals surface area (Å²) >= 11 is 0. The first kappa shape index (κ1) is 16.8. The number of ether oxygens (including phenoxy) is 1. The number of hydrogen-bond acceptors (Lipinski definition) is 3. The van der Waals surface area contributed by atoms with Gasteiger partial charge < -0.3 is 15.0 Å². The van der Waals surface area contributed by atoms with Crippen LogP contribution in [0.5, 0.6) is 5.75 Å². The summed E-state index contributed by atoms with van der Waals surface area (Å²) in [7, 11) is 1.63. The lowest BCUT2D eigenvalue weighted by Crippen LogP contribution is -2.57. The summed E-state index contributed by atoms with van der Waals surface area (Å²) in [6.07, 6.45) is 6.58. The Morgan fingerprint density at radius 2 is 2.17 bits per heavy atom. The van der Waals surface area contributed by atoms with Gasteiger partial charge >= 0.3 is 6.03 Å². The molecule has 1 aromatic rings. The zero-order valence-corrected chi connectivity index (χ0v) is 14.5. The van der Waals surface area contributed by atoms with Gasteiger partial charge in [0.1, 0.15) is 5.75 Å². The molecule has 5 nitrogen and oxygen atoms in total. The van der Waals surface area contributed by atoms with Crippen LogP contribution in [0.4, 0.5) is 10.5 Å². The maximum absolute atomic E-state index is 12.7. The molecule has 2 saturated heterocycles. The van der Waals surface area contributed by atoms with Crippen molar-refractivity contribution in [2.24, 2.45) is 0 Å². The van der Waals surface area contributed by atoms with E-state index in [2.05, 4.69) is 16.8 Å². The number of rotatable bonds is 4. The molecule has 1 atom stereocenters. The van der Waals surface area contributed by atoms with E-state index in [1.54, 1.807) is 7.11 Å². The second kappa shape index (κ2) is 7.26. The van der Waals surface area contributed by atoms with E-state index in [-0.39, 0.29) is 11.6 Å². The first-order chi connectivity index (χ1) is 11.7. The Bertz CT molecular complexity index is 604. The highest BCUT2D eigenvalue weighted by atomic mass is 16.5. The Morgan fingerprint density at radius 3 is 2.92 bits per heavy atom. The largest absolute Gasteiger partial charge is 0.497 e. The molecule has 2 aliphatic heterocycles. The molecule has 1 aromatic carbocycles. The first-order valence-corrected chi connectivity index (χ1v) is 8.73. The van der Waals surface area contributed by atoms with Crippen molar-refractivity contribution in [2.45, 2.75) is 31.2 Å². The Hall–Kier alpha value is -2.01. The van der Waals surface area contributed by atoms with Gasteiger partial charge in [-0.25, -0.2) is 4.79 Å². The lowest BCUT2D eigenvalue weighted by Gasteiger charge is -2.45. The molecule has 0 radical (unpaired) electrons. The number of carbonyl (C=O) groups is 1. The molecule has 2 aliphatic rings. The molecule has 0 aliphatic carbocycles. The van der Waals surface area contributed by atoms with Gasteiger partial charge in [-0.1, -0.05) is 12.1 Å². The fourth-order valence-electron chi connectivity index (χ4n) is 4.09. The van der Waals surface area contributed by atoms with Gasteiger partial charge in [0.2, 0.25) is 0 Å². The van der Waals surface area contributed by atoms with Crippen molar-refractivity contribution in [1.29, 1.82) is 0 Å². The van der Waals surface area contributed by atoms with Gasteiger partial charge in [0.15, 0.2) is 0 Å². The number of piperidine rings is 1. The monoisotopic (exact) mass is 329 g/mol. The number of anilines is 1. The topological polar surface area (TPSA) is 44.8 Å². The molecule has 5 heteroatoms. The van der Waals surface area contributed by atoms with E-state index in [9.17, 15) is 4.79 Å². The van der Waals surface area contributed by atoms with Gasteiger partial charge in [-0.15, -0.1) is 6.58 Å². The van der Waals surface area contributed by atoms with Crippen molar-refractivity contribution in [3.63, 3.8) is 0 Å². The molecule has 0 bridgehead atoms. The summed E-state index contributed by atoms with van der Waals surface area (Å²) in [4.78, 5) is 17.2. The molecule has 130 valence electrons. The molecule has 2 fully saturated rings. The number of hydrogen-bond donors (Lipinski definition) is 1. The second-order valence-electron chi connectivity index (χ2n) is 6.75. The second-order valence-corrected chi connectivity index (χ2v) is 6.75. The van der Waals surface area contributed by atoms with Crippen molar-refractivity contribution in [1.82, 2.24) is 9.80 Å². The predicted octanol–water partition coefficient (Wildman–Crippen LogP) is 3.34. The molecule has 2 heterocycles. The fraction of sp³-hybridized carbons (Fsp3) is 0.526. The van der Waals surface area contributed by atoms with E-state index >= 15 is 0 Å². The van der Waals surface area contributed by atoms with Gasteiger partial charge in [-0.2, -0.15) is 0 Å². The Morgan fingerprint density at radius 1 is 1.38 bits per heavy atom. The molecule has 24 heavy (non-hydrogen) atoms. The average Bonchev–Trinajstić information content (AvgIpc) is 2.97. The molecule has 3 rings (SSSR count). The Labute approximate surface area is 144 Å². The van der Waals surface area contributed by atoms with Crippen LogP contribution in [0.15, 0.2) is 36.9 Å². The standard InChI is InChI=1S/C19H27N3O2/c1-3-11-22-13-6-10-19(22)9-5-12-21(15-19)18(23)20-16-7-4-8-17(14-16)24-2/h3-4,7-8,14H,1,5-6,9-13,15H2,2H3,(H,20,23). The maximum Gasteiger partial charge on any atom is 0.321 e. The number of methoxy groups -OCH3 is 1. The van der Waals surface area contributed by atoms with Crippen LogP contribution >= 0.6 is 0 Å². The normalized spacial score (nSPS) is 24.1. The number of benzene rings is 1. The van der Waals surface area contributed by atoms with Crippen LogP contribution in [0, 0.1) is 0 Å². The quantitative estimate of drug-likeness (QED) is 0.862. The summed E-state index contributed by atoms with van der Waals surface area (Å²) in [5, 5.41) is 3.01. The van der Waals surface area contributed by atoms with Crippen LogP contribution in [0.25, 0.3) is 0 Å². The van der Waals surface area contributed by atoms with Crippen molar-refractivity contribution in [3.8, 4) is 5.75 Å². The van der Waals surface area contributed by atoms with E-state index in [1.807, 2.05) is 35.2 Å². The molecule has 0 saturated carbocycles. The van der Waals surface area contributed by atoms with Crippen LogP contribution < -0.4 is 10.1 Å². The van der Waals surface area contributed by atoms with E-state index in [4.69, 9.17) is 4.74 Å². The lowest BCUT2D eigenvalue weighted by molar-refractivity contribution is 0.0670. The van der Waals surface area contributed by atoms with E-state index < -0.39 is 0 Å². The van der Waals surface area contributed by atoms with Crippen LogP contribution in [0.2, 0.25) is 0 Å². The van der Waals surface area contributed by atoms with Gasteiger partial charge in [-0.05, 0) is 44.4 Å². The number of likely N-dealkylation sites (tertiary alicyclic amines) is 2. The van der Waals surface area contributed by atoms with E-state index in [0.29, 0.717) is 0 Å². The molecule has 1 unspecified atom stereocenters. The van der Waals surface area contributed by atoms with E-state index in [0.717, 1.165) is 44.0 Å². The predicted molar refractivity (Wildman–Crippen MR) is 96.6 cm³/mol. The van der Waals surface area contributed by atoms with Crippen molar-refractivity contribution >= 4 is 11.7 Å². The summed E-state index contributed by atoms with van der Waals surface area (Å²) in [5.74, 6) is 0.746. The van der Waals surface area contributed by atoms with Gasteiger partial charge in [0, 0.05) is 36.9 Å². The third-order valence-electron chi connectivity index (χ3n) is 5.25. The molecule has 1 N–H and O–H groups in total. The zero-order chi connectivity index (χ0) is 17.0. The fourth-order valence-corrected chi connectivity index (χ4v) is 4.09. The van der Waals surface area contributed by atoms with Crippen molar-refractivity contribution < 1.29 is 9.53 Å². The summed E-state index contributed by atoms with van der Waals surface area (Å²) < 4.78 is 5.22. The highest BCUT2D eigenvalue weighted by Crippen LogP contribution is 2.37.